The average Bonchev–Trinajstić information content (AvgIpc) is 2.38. The fourth-order valence-electron chi connectivity index (χ4n) is 1.75. The Bertz CT molecular complexity index is 669. The van der Waals surface area contributed by atoms with E-state index >= 15 is 0 Å². The lowest BCUT2D eigenvalue weighted by Crippen LogP contribution is -2.50. The summed E-state index contributed by atoms with van der Waals surface area (Å²) >= 11 is 6.00. The number of amides is 1. The maximum Gasteiger partial charge on any atom is 0.241 e. The molecule has 0 heterocycles. The third kappa shape index (κ3) is 6.01. The summed E-state index contributed by atoms with van der Waals surface area (Å²) in [5.41, 5.74) is -0.445. The van der Waals surface area contributed by atoms with Gasteiger partial charge in [-0.1, -0.05) is 11.6 Å². The van der Waals surface area contributed by atoms with E-state index in [1.54, 1.807) is 6.92 Å². The molecule has 0 spiro atoms. The van der Waals surface area contributed by atoms with Gasteiger partial charge in [-0.2, -0.15) is 4.72 Å². The minimum Gasteiger partial charge on any atom is -0.492 e. The number of carbonyl (C=O) groups excluding carboxylic acids is 1. The summed E-state index contributed by atoms with van der Waals surface area (Å²) in [7, 11) is -3.87. The molecule has 1 aromatic rings. The Labute approximate surface area is 142 Å². The highest BCUT2D eigenvalue weighted by Crippen LogP contribution is 2.27. The number of halogens is 1. The van der Waals surface area contributed by atoms with Crippen molar-refractivity contribution in [2.45, 2.75) is 51.1 Å². The Balaban J connectivity index is 2.91. The molecule has 1 amide bonds. The summed E-state index contributed by atoms with van der Waals surface area (Å²) in [5, 5.41) is 2.91. The Hall–Kier alpha value is -1.31. The van der Waals surface area contributed by atoms with Gasteiger partial charge in [0.25, 0.3) is 0 Å². The van der Waals surface area contributed by atoms with Crippen LogP contribution in [-0.4, -0.2) is 32.5 Å². The topological polar surface area (TPSA) is 84.5 Å². The van der Waals surface area contributed by atoms with Crippen LogP contribution in [-0.2, 0) is 14.8 Å². The second-order valence-electron chi connectivity index (χ2n) is 6.11. The van der Waals surface area contributed by atoms with Gasteiger partial charge in [0, 0.05) is 5.54 Å². The molecule has 1 aromatic carbocycles. The van der Waals surface area contributed by atoms with E-state index in [9.17, 15) is 13.2 Å². The first kappa shape index (κ1) is 19.7. The van der Waals surface area contributed by atoms with Crippen molar-refractivity contribution in [3.63, 3.8) is 0 Å². The highest BCUT2D eigenvalue weighted by Gasteiger charge is 2.25. The van der Waals surface area contributed by atoms with E-state index in [0.29, 0.717) is 12.4 Å². The molecule has 2 N–H and O–H groups in total. The number of ether oxygens (including phenoxy) is 1. The molecule has 0 saturated carbocycles. The fourth-order valence-corrected chi connectivity index (χ4v) is 3.28. The number of nitrogens with one attached hydrogen (secondary N) is 2. The van der Waals surface area contributed by atoms with Gasteiger partial charge in [-0.15, -0.1) is 0 Å². The van der Waals surface area contributed by atoms with Crippen LogP contribution in [0.15, 0.2) is 23.1 Å². The standard InChI is InChI=1S/C15H23ClN2O4S/c1-6-22-13-8-7-11(9-12(13)16)23(20,21)18-10(2)14(19)17-15(3,4)5/h7-10,18H,6H2,1-5H3,(H,17,19)/t10-/m1/s1. The van der Waals surface area contributed by atoms with Gasteiger partial charge in [0.05, 0.1) is 22.6 Å². The molecule has 1 atom stereocenters. The van der Waals surface area contributed by atoms with Crippen LogP contribution in [0.25, 0.3) is 0 Å². The van der Waals surface area contributed by atoms with Gasteiger partial charge in [0.1, 0.15) is 5.75 Å². The zero-order chi connectivity index (χ0) is 17.8. The number of hydrogen-bond acceptors (Lipinski definition) is 4. The molecule has 0 unspecified atom stereocenters. The van der Waals surface area contributed by atoms with Gasteiger partial charge in [-0.25, -0.2) is 8.42 Å². The normalized spacial score (nSPS) is 13.5. The molecule has 6 nitrogen and oxygen atoms in total. The van der Waals surface area contributed by atoms with E-state index < -0.39 is 27.5 Å². The highest BCUT2D eigenvalue weighted by atomic mass is 35.5. The van der Waals surface area contributed by atoms with Gasteiger partial charge >= 0.3 is 0 Å². The van der Waals surface area contributed by atoms with E-state index in [2.05, 4.69) is 10.0 Å². The predicted molar refractivity (Wildman–Crippen MR) is 90.3 cm³/mol. The molecule has 0 fully saturated rings. The molecular formula is C15H23ClN2O4S. The molecule has 0 aliphatic rings. The summed E-state index contributed by atoms with van der Waals surface area (Å²) in [6, 6.07) is 3.25. The molecule has 0 radical (unpaired) electrons. The third-order valence-electron chi connectivity index (χ3n) is 2.74. The number of carbonyl (C=O) groups is 1. The largest absolute Gasteiger partial charge is 0.492 e. The maximum atomic E-state index is 12.3. The average molecular weight is 363 g/mol. The Morgan fingerprint density at radius 3 is 2.43 bits per heavy atom. The SMILES string of the molecule is CCOc1ccc(S(=O)(=O)N[C@H](C)C(=O)NC(C)(C)C)cc1Cl. The van der Waals surface area contributed by atoms with Crippen molar-refractivity contribution in [1.29, 1.82) is 0 Å². The van der Waals surface area contributed by atoms with Crippen LogP contribution in [0, 0.1) is 0 Å². The zero-order valence-electron chi connectivity index (χ0n) is 13.9. The molecule has 0 aliphatic heterocycles. The van der Waals surface area contributed by atoms with Crippen molar-refractivity contribution in [3.8, 4) is 5.75 Å². The minimum atomic E-state index is -3.87. The van der Waals surface area contributed by atoms with Crippen molar-refractivity contribution < 1.29 is 17.9 Å². The molecule has 1 rings (SSSR count). The third-order valence-corrected chi connectivity index (χ3v) is 4.57. The van der Waals surface area contributed by atoms with E-state index in [1.807, 2.05) is 20.8 Å². The van der Waals surface area contributed by atoms with Crippen LogP contribution in [0.3, 0.4) is 0 Å². The van der Waals surface area contributed by atoms with Crippen LogP contribution in [0.1, 0.15) is 34.6 Å². The molecule has 0 saturated heterocycles. The summed E-state index contributed by atoms with van der Waals surface area (Å²) in [5.74, 6) is 0.00440. The van der Waals surface area contributed by atoms with Gasteiger partial charge in [0.2, 0.25) is 15.9 Å². The molecular weight excluding hydrogens is 340 g/mol. The monoisotopic (exact) mass is 362 g/mol. The second kappa shape index (κ2) is 7.51. The zero-order valence-corrected chi connectivity index (χ0v) is 15.5. The molecule has 0 aliphatic carbocycles. The Kier molecular flexibility index (Phi) is 6.44. The Morgan fingerprint density at radius 2 is 1.96 bits per heavy atom. The van der Waals surface area contributed by atoms with Crippen LogP contribution in [0.2, 0.25) is 5.02 Å². The van der Waals surface area contributed by atoms with Crippen molar-refractivity contribution in [1.82, 2.24) is 10.0 Å². The van der Waals surface area contributed by atoms with Crippen LogP contribution in [0.5, 0.6) is 5.75 Å². The minimum absolute atomic E-state index is 0.0265. The van der Waals surface area contributed by atoms with Crippen LogP contribution < -0.4 is 14.8 Å². The molecule has 0 bridgehead atoms. The number of benzene rings is 1. The smallest absolute Gasteiger partial charge is 0.241 e. The summed E-state index contributed by atoms with van der Waals surface area (Å²) in [4.78, 5) is 12.0. The fraction of sp³-hybridized carbons (Fsp3) is 0.533. The summed E-state index contributed by atoms with van der Waals surface area (Å²) in [6.45, 7) is 9.16. The first-order valence-corrected chi connectivity index (χ1v) is 9.09. The molecule has 0 aromatic heterocycles. The first-order chi connectivity index (χ1) is 10.5. The second-order valence-corrected chi connectivity index (χ2v) is 8.23. The van der Waals surface area contributed by atoms with E-state index in [4.69, 9.17) is 16.3 Å². The molecule has 130 valence electrons. The van der Waals surface area contributed by atoms with Crippen molar-refractivity contribution in [3.05, 3.63) is 23.2 Å². The number of hydrogen-bond donors (Lipinski definition) is 2. The number of rotatable bonds is 6. The molecule has 23 heavy (non-hydrogen) atoms. The van der Waals surface area contributed by atoms with Gasteiger partial charge in [-0.3, -0.25) is 4.79 Å². The van der Waals surface area contributed by atoms with Gasteiger partial charge in [0.15, 0.2) is 0 Å². The van der Waals surface area contributed by atoms with Crippen molar-refractivity contribution >= 4 is 27.5 Å². The summed E-state index contributed by atoms with van der Waals surface area (Å²) in [6.07, 6.45) is 0. The van der Waals surface area contributed by atoms with Crippen molar-refractivity contribution in [2.75, 3.05) is 6.61 Å². The van der Waals surface area contributed by atoms with E-state index in [1.165, 1.54) is 25.1 Å². The highest BCUT2D eigenvalue weighted by molar-refractivity contribution is 7.89. The first-order valence-electron chi connectivity index (χ1n) is 7.23. The molecule has 8 heteroatoms. The number of sulfonamides is 1. The maximum absolute atomic E-state index is 12.3. The lowest BCUT2D eigenvalue weighted by Gasteiger charge is -2.23. The van der Waals surface area contributed by atoms with Crippen LogP contribution in [0.4, 0.5) is 0 Å². The quantitative estimate of drug-likeness (QED) is 0.813. The Morgan fingerprint density at radius 1 is 1.35 bits per heavy atom. The summed E-state index contributed by atoms with van der Waals surface area (Å²) < 4.78 is 32.3. The lowest BCUT2D eigenvalue weighted by atomic mass is 10.1. The van der Waals surface area contributed by atoms with E-state index in [0.717, 1.165) is 0 Å². The van der Waals surface area contributed by atoms with Crippen LogP contribution >= 0.6 is 11.6 Å². The van der Waals surface area contributed by atoms with Gasteiger partial charge in [-0.05, 0) is 52.8 Å². The van der Waals surface area contributed by atoms with Gasteiger partial charge < -0.3 is 10.1 Å². The lowest BCUT2D eigenvalue weighted by molar-refractivity contribution is -0.123. The van der Waals surface area contributed by atoms with E-state index in [-0.39, 0.29) is 9.92 Å². The van der Waals surface area contributed by atoms with Crippen molar-refractivity contribution in [2.24, 2.45) is 0 Å². The predicted octanol–water partition coefficient (Wildman–Crippen LogP) is 2.32.